The molecule has 0 bridgehead atoms. The third kappa shape index (κ3) is 3.62. The molecule has 3 heterocycles. The lowest BCUT2D eigenvalue weighted by Crippen LogP contribution is -1.95. The number of ether oxygens (including phenoxy) is 1. The van der Waals surface area contributed by atoms with E-state index in [-0.39, 0.29) is 0 Å². The number of nitrogens with two attached hydrogens (primary N) is 1. The minimum Gasteiger partial charge on any atom is -0.497 e. The van der Waals surface area contributed by atoms with Crippen molar-refractivity contribution in [2.45, 2.75) is 0 Å². The molecule has 0 aliphatic rings. The fourth-order valence-corrected chi connectivity index (χ4v) is 2.92. The second-order valence-electron chi connectivity index (χ2n) is 6.08. The highest BCUT2D eigenvalue weighted by Gasteiger charge is 2.08. The lowest BCUT2D eigenvalue weighted by molar-refractivity contribution is 0.415. The van der Waals surface area contributed by atoms with Crippen LogP contribution in [0, 0.1) is 0 Å². The number of methoxy groups -OCH3 is 1. The van der Waals surface area contributed by atoms with Gasteiger partial charge in [0, 0.05) is 29.7 Å². The number of anilines is 1. The molecule has 4 rings (SSSR count). The Labute approximate surface area is 157 Å². The van der Waals surface area contributed by atoms with Crippen LogP contribution in [0.2, 0.25) is 0 Å². The smallest absolute Gasteiger partial charge is 0.124 e. The molecule has 5 heteroatoms. The van der Waals surface area contributed by atoms with E-state index >= 15 is 0 Å². The molecule has 2 N–H and O–H groups in total. The predicted molar refractivity (Wildman–Crippen MR) is 107 cm³/mol. The molecule has 132 valence electrons. The Morgan fingerprint density at radius 1 is 0.778 bits per heavy atom. The van der Waals surface area contributed by atoms with Gasteiger partial charge in [-0.05, 0) is 53.6 Å². The van der Waals surface area contributed by atoms with Crippen molar-refractivity contribution in [1.82, 2.24) is 15.0 Å². The Balaban J connectivity index is 1.77. The van der Waals surface area contributed by atoms with Gasteiger partial charge in [0.25, 0.3) is 0 Å². The number of nitrogens with zero attached hydrogens (tertiary/aromatic N) is 3. The van der Waals surface area contributed by atoms with E-state index in [1.165, 1.54) is 0 Å². The molecule has 0 radical (unpaired) electrons. The normalized spacial score (nSPS) is 10.6. The van der Waals surface area contributed by atoms with E-state index in [9.17, 15) is 0 Å². The zero-order valence-corrected chi connectivity index (χ0v) is 14.8. The SMILES string of the molecule is COc1cccc(-c2cncc(-c3cc(N)nc(-c4ccccn4)c3)c2)c1. The van der Waals surface area contributed by atoms with Crippen molar-refractivity contribution in [3.63, 3.8) is 0 Å². The molecule has 0 amide bonds. The molecule has 0 saturated carbocycles. The van der Waals surface area contributed by atoms with E-state index in [2.05, 4.69) is 21.0 Å². The molecule has 0 spiro atoms. The number of hydrogen-bond donors (Lipinski definition) is 1. The second kappa shape index (κ2) is 7.25. The third-order valence-electron chi connectivity index (χ3n) is 4.25. The van der Waals surface area contributed by atoms with Crippen molar-refractivity contribution in [2.75, 3.05) is 12.8 Å². The standard InChI is InChI=1S/C22H18N4O/c1-27-19-6-4-5-15(10-19)17-9-18(14-24-13-17)16-11-21(26-22(23)12-16)20-7-2-3-8-25-20/h2-14H,1H3,(H2,23,26). The second-order valence-corrected chi connectivity index (χ2v) is 6.08. The van der Waals surface area contributed by atoms with E-state index in [0.717, 1.165) is 39.4 Å². The first-order valence-electron chi connectivity index (χ1n) is 8.52. The molecule has 0 fully saturated rings. The number of pyridine rings is 3. The lowest BCUT2D eigenvalue weighted by atomic mass is 10.0. The number of rotatable bonds is 4. The van der Waals surface area contributed by atoms with Crippen molar-refractivity contribution >= 4 is 5.82 Å². The van der Waals surface area contributed by atoms with Gasteiger partial charge in [-0.15, -0.1) is 0 Å². The topological polar surface area (TPSA) is 73.9 Å². The van der Waals surface area contributed by atoms with Gasteiger partial charge in [0.2, 0.25) is 0 Å². The first-order chi connectivity index (χ1) is 13.2. The highest BCUT2D eigenvalue weighted by atomic mass is 16.5. The van der Waals surface area contributed by atoms with Crippen LogP contribution in [0.1, 0.15) is 0 Å². The van der Waals surface area contributed by atoms with E-state index in [0.29, 0.717) is 5.82 Å². The molecule has 4 aromatic rings. The summed E-state index contributed by atoms with van der Waals surface area (Å²) in [4.78, 5) is 13.2. The van der Waals surface area contributed by atoms with E-state index in [1.54, 1.807) is 13.3 Å². The Hall–Kier alpha value is -3.73. The van der Waals surface area contributed by atoms with Crippen molar-refractivity contribution in [3.8, 4) is 39.4 Å². The first kappa shape index (κ1) is 16.7. The highest BCUT2D eigenvalue weighted by Crippen LogP contribution is 2.30. The molecule has 3 aromatic heterocycles. The van der Waals surface area contributed by atoms with E-state index < -0.39 is 0 Å². The van der Waals surface area contributed by atoms with Gasteiger partial charge in [-0.2, -0.15) is 0 Å². The van der Waals surface area contributed by atoms with Crippen LogP contribution < -0.4 is 10.5 Å². The Morgan fingerprint density at radius 2 is 1.63 bits per heavy atom. The summed E-state index contributed by atoms with van der Waals surface area (Å²) in [7, 11) is 1.66. The van der Waals surface area contributed by atoms with Crippen LogP contribution in [0.25, 0.3) is 33.6 Å². The maximum atomic E-state index is 6.05. The molecular weight excluding hydrogens is 336 g/mol. The largest absolute Gasteiger partial charge is 0.497 e. The fourth-order valence-electron chi connectivity index (χ4n) is 2.92. The Morgan fingerprint density at radius 3 is 2.41 bits per heavy atom. The summed E-state index contributed by atoms with van der Waals surface area (Å²) in [5.74, 6) is 1.25. The van der Waals surface area contributed by atoms with E-state index in [4.69, 9.17) is 10.5 Å². The molecule has 0 aliphatic carbocycles. The van der Waals surface area contributed by atoms with Crippen molar-refractivity contribution in [2.24, 2.45) is 0 Å². The Bertz CT molecular complexity index is 1080. The summed E-state index contributed by atoms with van der Waals surface area (Å²) in [6.45, 7) is 0. The number of benzene rings is 1. The minimum absolute atomic E-state index is 0.444. The van der Waals surface area contributed by atoms with Crippen LogP contribution in [0.3, 0.4) is 0 Å². The number of hydrogen-bond acceptors (Lipinski definition) is 5. The molecule has 0 aliphatic heterocycles. The van der Waals surface area contributed by atoms with Crippen LogP contribution in [-0.2, 0) is 0 Å². The van der Waals surface area contributed by atoms with Crippen LogP contribution in [0.15, 0.2) is 79.3 Å². The number of nitrogen functional groups attached to an aromatic ring is 1. The maximum absolute atomic E-state index is 6.05. The van der Waals surface area contributed by atoms with Gasteiger partial charge in [-0.1, -0.05) is 18.2 Å². The lowest BCUT2D eigenvalue weighted by Gasteiger charge is -2.09. The predicted octanol–water partition coefficient (Wildman–Crippen LogP) is 4.46. The molecule has 0 unspecified atom stereocenters. The maximum Gasteiger partial charge on any atom is 0.124 e. The van der Waals surface area contributed by atoms with Gasteiger partial charge in [-0.3, -0.25) is 9.97 Å². The van der Waals surface area contributed by atoms with Crippen LogP contribution >= 0.6 is 0 Å². The molecule has 27 heavy (non-hydrogen) atoms. The van der Waals surface area contributed by atoms with Crippen molar-refractivity contribution < 1.29 is 4.74 Å². The molecule has 0 saturated heterocycles. The fraction of sp³-hybridized carbons (Fsp3) is 0.0455. The van der Waals surface area contributed by atoms with Crippen molar-refractivity contribution in [1.29, 1.82) is 0 Å². The first-order valence-corrected chi connectivity index (χ1v) is 8.52. The van der Waals surface area contributed by atoms with Gasteiger partial charge in [0.1, 0.15) is 11.6 Å². The summed E-state index contributed by atoms with van der Waals surface area (Å²) in [5.41, 5.74) is 11.5. The van der Waals surface area contributed by atoms with Gasteiger partial charge in [0.05, 0.1) is 18.5 Å². The van der Waals surface area contributed by atoms with Gasteiger partial charge < -0.3 is 10.5 Å². The molecular formula is C22H18N4O. The monoisotopic (exact) mass is 354 g/mol. The summed E-state index contributed by atoms with van der Waals surface area (Å²) in [6.07, 6.45) is 5.40. The summed E-state index contributed by atoms with van der Waals surface area (Å²) in [5, 5.41) is 0. The summed E-state index contributed by atoms with van der Waals surface area (Å²) >= 11 is 0. The molecule has 1 aromatic carbocycles. The molecule has 0 atom stereocenters. The average molecular weight is 354 g/mol. The van der Waals surface area contributed by atoms with Crippen LogP contribution in [0.4, 0.5) is 5.82 Å². The zero-order chi connectivity index (χ0) is 18.6. The number of aromatic nitrogens is 3. The Kier molecular flexibility index (Phi) is 4.49. The van der Waals surface area contributed by atoms with Gasteiger partial charge in [-0.25, -0.2) is 4.98 Å². The van der Waals surface area contributed by atoms with E-state index in [1.807, 2.05) is 67.0 Å². The van der Waals surface area contributed by atoms with Gasteiger partial charge >= 0.3 is 0 Å². The van der Waals surface area contributed by atoms with Gasteiger partial charge in [0.15, 0.2) is 0 Å². The minimum atomic E-state index is 0.444. The summed E-state index contributed by atoms with van der Waals surface area (Å²) < 4.78 is 5.32. The quantitative estimate of drug-likeness (QED) is 0.585. The molecule has 5 nitrogen and oxygen atoms in total. The van der Waals surface area contributed by atoms with Crippen molar-refractivity contribution in [3.05, 3.63) is 79.3 Å². The third-order valence-corrected chi connectivity index (χ3v) is 4.25. The zero-order valence-electron chi connectivity index (χ0n) is 14.8. The van der Waals surface area contributed by atoms with Crippen LogP contribution in [-0.4, -0.2) is 22.1 Å². The average Bonchev–Trinajstić information content (AvgIpc) is 2.74. The van der Waals surface area contributed by atoms with Crippen LogP contribution in [0.5, 0.6) is 5.75 Å². The highest BCUT2D eigenvalue weighted by molar-refractivity contribution is 5.76. The summed E-state index contributed by atoms with van der Waals surface area (Å²) in [6, 6.07) is 19.5.